The Hall–Kier alpha value is -1.12. The first-order valence-electron chi connectivity index (χ1n) is 7.82. The Morgan fingerprint density at radius 1 is 0.905 bits per heavy atom. The van der Waals surface area contributed by atoms with Crippen LogP contribution in [-0.4, -0.2) is 6.54 Å². The summed E-state index contributed by atoms with van der Waals surface area (Å²) in [5.74, 6) is 0. The number of halogens is 1. The van der Waals surface area contributed by atoms with E-state index in [1.54, 1.807) is 0 Å². The predicted molar refractivity (Wildman–Crippen MR) is 94.7 cm³/mol. The van der Waals surface area contributed by atoms with Gasteiger partial charge in [-0.05, 0) is 48.2 Å². The maximum Gasteiger partial charge on any atom is 0.0576 e. The van der Waals surface area contributed by atoms with Crippen LogP contribution in [0, 0.1) is 0 Å². The lowest BCUT2D eigenvalue weighted by atomic mass is 9.97. The summed E-state index contributed by atoms with van der Waals surface area (Å²) < 4.78 is 1.12. The lowest BCUT2D eigenvalue weighted by Gasteiger charge is -2.19. The minimum Gasteiger partial charge on any atom is -0.307 e. The van der Waals surface area contributed by atoms with Crippen LogP contribution in [-0.2, 0) is 6.42 Å². The van der Waals surface area contributed by atoms with E-state index in [1.807, 2.05) is 0 Å². The van der Waals surface area contributed by atoms with E-state index in [9.17, 15) is 0 Å². The number of rotatable bonds is 7. The molecule has 2 aromatic rings. The molecule has 0 heterocycles. The molecule has 1 N–H and O–H groups in total. The van der Waals surface area contributed by atoms with Crippen molar-refractivity contribution < 1.29 is 0 Å². The molecular weight excluding hydrogens is 322 g/mol. The smallest absolute Gasteiger partial charge is 0.0576 e. The third kappa shape index (κ3) is 4.69. The van der Waals surface area contributed by atoms with E-state index in [2.05, 4.69) is 83.6 Å². The Morgan fingerprint density at radius 3 is 2.00 bits per heavy atom. The molecule has 1 atom stereocenters. The second-order valence-electron chi connectivity index (χ2n) is 5.39. The number of nitrogens with one attached hydrogen (secondary N) is 1. The van der Waals surface area contributed by atoms with Gasteiger partial charge in [-0.3, -0.25) is 0 Å². The molecule has 0 aliphatic rings. The maximum absolute atomic E-state index is 3.58. The Bertz CT molecular complexity index is 530. The summed E-state index contributed by atoms with van der Waals surface area (Å²) >= 11 is 3.50. The van der Waals surface area contributed by atoms with Gasteiger partial charge in [0.2, 0.25) is 0 Å². The van der Waals surface area contributed by atoms with E-state index in [1.165, 1.54) is 36.0 Å². The van der Waals surface area contributed by atoms with Gasteiger partial charge in [-0.25, -0.2) is 0 Å². The number of benzene rings is 2. The van der Waals surface area contributed by atoms with Crippen LogP contribution in [0.1, 0.15) is 49.4 Å². The summed E-state index contributed by atoms with van der Waals surface area (Å²) in [4.78, 5) is 0. The van der Waals surface area contributed by atoms with Crippen LogP contribution >= 0.6 is 15.9 Å². The Morgan fingerprint density at radius 2 is 1.48 bits per heavy atom. The highest BCUT2D eigenvalue weighted by molar-refractivity contribution is 9.10. The standard InChI is InChI=1S/C19H24BrN/c1-3-5-6-15-7-9-16(10-8-15)19(21-4-2)17-11-13-18(20)14-12-17/h7-14,19,21H,3-6H2,1-2H3. The molecule has 0 saturated heterocycles. The first-order valence-corrected chi connectivity index (χ1v) is 8.61. The van der Waals surface area contributed by atoms with Crippen molar-refractivity contribution >= 4 is 15.9 Å². The average Bonchev–Trinajstić information content (AvgIpc) is 2.52. The van der Waals surface area contributed by atoms with Crippen LogP contribution in [0.25, 0.3) is 0 Å². The molecule has 0 aliphatic carbocycles. The van der Waals surface area contributed by atoms with Gasteiger partial charge in [0.25, 0.3) is 0 Å². The van der Waals surface area contributed by atoms with E-state index in [0.29, 0.717) is 0 Å². The van der Waals surface area contributed by atoms with Gasteiger partial charge in [0.15, 0.2) is 0 Å². The van der Waals surface area contributed by atoms with Gasteiger partial charge in [-0.1, -0.05) is 72.6 Å². The van der Waals surface area contributed by atoms with Gasteiger partial charge >= 0.3 is 0 Å². The molecule has 0 amide bonds. The lowest BCUT2D eigenvalue weighted by Crippen LogP contribution is -2.21. The van der Waals surface area contributed by atoms with Crippen molar-refractivity contribution in [2.24, 2.45) is 0 Å². The Kier molecular flexibility index (Phi) is 6.47. The molecular formula is C19H24BrN. The van der Waals surface area contributed by atoms with E-state index < -0.39 is 0 Å². The number of hydrogen-bond donors (Lipinski definition) is 1. The molecule has 0 saturated carbocycles. The predicted octanol–water partition coefficient (Wildman–Crippen LogP) is 5.49. The fraction of sp³-hybridized carbons (Fsp3) is 0.368. The summed E-state index contributed by atoms with van der Waals surface area (Å²) in [7, 11) is 0. The molecule has 2 heteroatoms. The fourth-order valence-electron chi connectivity index (χ4n) is 2.55. The largest absolute Gasteiger partial charge is 0.307 e. The van der Waals surface area contributed by atoms with Crippen molar-refractivity contribution in [1.82, 2.24) is 5.32 Å². The Balaban J connectivity index is 2.19. The molecule has 2 aromatic carbocycles. The zero-order chi connectivity index (χ0) is 15.1. The quantitative estimate of drug-likeness (QED) is 0.699. The van der Waals surface area contributed by atoms with Crippen molar-refractivity contribution in [3.8, 4) is 0 Å². The van der Waals surface area contributed by atoms with Gasteiger partial charge in [0.05, 0.1) is 6.04 Å². The SMILES string of the molecule is CCCCc1ccc(C(NCC)c2ccc(Br)cc2)cc1. The van der Waals surface area contributed by atoms with Gasteiger partial charge in [-0.15, -0.1) is 0 Å². The van der Waals surface area contributed by atoms with Crippen LogP contribution in [0.3, 0.4) is 0 Å². The summed E-state index contributed by atoms with van der Waals surface area (Å²) in [6.45, 7) is 5.35. The van der Waals surface area contributed by atoms with Crippen LogP contribution in [0.4, 0.5) is 0 Å². The van der Waals surface area contributed by atoms with Crippen LogP contribution in [0.15, 0.2) is 53.0 Å². The number of hydrogen-bond acceptors (Lipinski definition) is 1. The minimum absolute atomic E-state index is 0.267. The fourth-order valence-corrected chi connectivity index (χ4v) is 2.81. The topological polar surface area (TPSA) is 12.0 Å². The van der Waals surface area contributed by atoms with Gasteiger partial charge in [0.1, 0.15) is 0 Å². The Labute approximate surface area is 136 Å². The summed E-state index contributed by atoms with van der Waals surface area (Å²) in [5, 5.41) is 3.58. The molecule has 0 radical (unpaired) electrons. The highest BCUT2D eigenvalue weighted by Gasteiger charge is 2.12. The van der Waals surface area contributed by atoms with Gasteiger partial charge in [-0.2, -0.15) is 0 Å². The van der Waals surface area contributed by atoms with Gasteiger partial charge in [0, 0.05) is 4.47 Å². The second-order valence-corrected chi connectivity index (χ2v) is 6.30. The van der Waals surface area contributed by atoms with E-state index in [0.717, 1.165) is 11.0 Å². The van der Waals surface area contributed by atoms with E-state index >= 15 is 0 Å². The molecule has 1 unspecified atom stereocenters. The normalized spacial score (nSPS) is 12.3. The molecule has 21 heavy (non-hydrogen) atoms. The summed E-state index contributed by atoms with van der Waals surface area (Å²) in [5.41, 5.74) is 4.08. The van der Waals surface area contributed by atoms with Crippen LogP contribution in [0.5, 0.6) is 0 Å². The molecule has 0 aliphatic heterocycles. The van der Waals surface area contributed by atoms with E-state index in [-0.39, 0.29) is 6.04 Å². The van der Waals surface area contributed by atoms with Crippen molar-refractivity contribution in [2.45, 2.75) is 39.2 Å². The minimum atomic E-state index is 0.267. The maximum atomic E-state index is 3.58. The van der Waals surface area contributed by atoms with Crippen molar-refractivity contribution in [1.29, 1.82) is 0 Å². The van der Waals surface area contributed by atoms with E-state index in [4.69, 9.17) is 0 Å². The van der Waals surface area contributed by atoms with Crippen LogP contribution in [0.2, 0.25) is 0 Å². The summed E-state index contributed by atoms with van der Waals surface area (Å²) in [6, 6.07) is 17.9. The lowest BCUT2D eigenvalue weighted by molar-refractivity contribution is 0.630. The average molecular weight is 346 g/mol. The molecule has 0 aromatic heterocycles. The van der Waals surface area contributed by atoms with Crippen molar-refractivity contribution in [3.05, 3.63) is 69.7 Å². The van der Waals surface area contributed by atoms with Gasteiger partial charge < -0.3 is 5.32 Å². The number of aryl methyl sites for hydroxylation is 1. The first-order chi connectivity index (χ1) is 10.2. The van der Waals surface area contributed by atoms with Crippen molar-refractivity contribution in [2.75, 3.05) is 6.54 Å². The molecule has 0 fully saturated rings. The zero-order valence-electron chi connectivity index (χ0n) is 12.9. The molecule has 1 nitrogen and oxygen atoms in total. The summed E-state index contributed by atoms with van der Waals surface area (Å²) in [6.07, 6.45) is 3.70. The number of unbranched alkanes of at least 4 members (excludes halogenated alkanes) is 1. The molecule has 0 bridgehead atoms. The molecule has 112 valence electrons. The third-order valence-corrected chi connectivity index (χ3v) is 4.27. The first kappa shape index (κ1) is 16.3. The monoisotopic (exact) mass is 345 g/mol. The molecule has 0 spiro atoms. The van der Waals surface area contributed by atoms with Crippen LogP contribution < -0.4 is 5.32 Å². The molecule has 2 rings (SSSR count). The highest BCUT2D eigenvalue weighted by atomic mass is 79.9. The third-order valence-electron chi connectivity index (χ3n) is 3.74. The second kappa shape index (κ2) is 8.35. The zero-order valence-corrected chi connectivity index (χ0v) is 14.5. The highest BCUT2D eigenvalue weighted by Crippen LogP contribution is 2.24. The van der Waals surface area contributed by atoms with Crippen molar-refractivity contribution in [3.63, 3.8) is 0 Å².